The van der Waals surface area contributed by atoms with Crippen LogP contribution in [0.4, 0.5) is 16.4 Å². The molecular weight excluding hydrogens is 448 g/mol. The van der Waals surface area contributed by atoms with E-state index in [2.05, 4.69) is 37.4 Å². The molecule has 0 bridgehead atoms. The number of nitrogens with zero attached hydrogens (tertiary/aromatic N) is 4. The van der Waals surface area contributed by atoms with E-state index in [-0.39, 0.29) is 17.9 Å². The first-order valence-electron chi connectivity index (χ1n) is 12.1. The summed E-state index contributed by atoms with van der Waals surface area (Å²) in [6.07, 6.45) is 6.67. The summed E-state index contributed by atoms with van der Waals surface area (Å²) in [6, 6.07) is 4.76. The molecule has 0 spiro atoms. The number of likely N-dealkylation sites (N-methyl/N-ethyl adjacent to an activating group) is 1. The number of rotatable bonds is 6. The third kappa shape index (κ3) is 6.67. The Morgan fingerprint density at radius 1 is 1.03 bits per heavy atom. The lowest BCUT2D eigenvalue weighted by Crippen LogP contribution is -2.45. The molecule has 3 amide bonds. The average molecular weight is 483 g/mol. The molecule has 2 heterocycles. The Hall–Kier alpha value is -3.24. The number of urea groups is 1. The van der Waals surface area contributed by atoms with Gasteiger partial charge in [-0.1, -0.05) is 0 Å². The van der Waals surface area contributed by atoms with Gasteiger partial charge in [-0.2, -0.15) is 0 Å². The van der Waals surface area contributed by atoms with Crippen LogP contribution in [-0.4, -0.2) is 73.2 Å². The zero-order chi connectivity index (χ0) is 24.8. The topological polar surface area (TPSA) is 109 Å². The largest absolute Gasteiger partial charge is 0.454 e. The molecule has 188 valence electrons. The van der Waals surface area contributed by atoms with Crippen molar-refractivity contribution in [3.8, 4) is 11.5 Å². The summed E-state index contributed by atoms with van der Waals surface area (Å²) in [4.78, 5) is 38.1. The van der Waals surface area contributed by atoms with Crippen LogP contribution in [0.15, 0.2) is 30.6 Å². The number of imide groups is 1. The molecule has 1 aromatic heterocycles. The number of carbonyl (C=O) groups excluding carboxylic acids is 2. The quantitative estimate of drug-likeness (QED) is 0.646. The molecule has 0 unspecified atom stereocenters. The predicted octanol–water partition coefficient (Wildman–Crippen LogP) is 3.18. The fraction of sp³-hybridized carbons (Fsp3) is 0.520. The van der Waals surface area contributed by atoms with Crippen molar-refractivity contribution in [3.05, 3.63) is 36.2 Å². The summed E-state index contributed by atoms with van der Waals surface area (Å²) in [5, 5.41) is 5.18. The third-order valence-corrected chi connectivity index (χ3v) is 6.68. The van der Waals surface area contributed by atoms with E-state index in [0.717, 1.165) is 57.4 Å². The van der Waals surface area contributed by atoms with Gasteiger partial charge < -0.3 is 24.6 Å². The minimum absolute atomic E-state index is 0.158. The lowest BCUT2D eigenvalue weighted by atomic mass is 9.87. The minimum Gasteiger partial charge on any atom is -0.454 e. The van der Waals surface area contributed by atoms with Gasteiger partial charge in [-0.25, -0.2) is 14.8 Å². The van der Waals surface area contributed by atoms with Crippen molar-refractivity contribution in [2.75, 3.05) is 50.6 Å². The van der Waals surface area contributed by atoms with Crippen LogP contribution in [0, 0.1) is 12.8 Å². The van der Waals surface area contributed by atoms with E-state index in [0.29, 0.717) is 23.1 Å². The van der Waals surface area contributed by atoms with E-state index in [1.165, 1.54) is 0 Å². The summed E-state index contributed by atoms with van der Waals surface area (Å²) in [6.45, 7) is 5.67. The highest BCUT2D eigenvalue weighted by molar-refractivity contribution is 6.01. The van der Waals surface area contributed by atoms with Gasteiger partial charge in [0.2, 0.25) is 11.9 Å². The Morgan fingerprint density at radius 2 is 1.71 bits per heavy atom. The van der Waals surface area contributed by atoms with E-state index < -0.39 is 6.03 Å². The maximum atomic E-state index is 12.4. The molecule has 1 aliphatic carbocycles. The average Bonchev–Trinajstić information content (AvgIpc) is 2.86. The van der Waals surface area contributed by atoms with Crippen LogP contribution in [0.25, 0.3) is 0 Å². The molecular formula is C25H34N6O4. The Labute approximate surface area is 206 Å². The van der Waals surface area contributed by atoms with Crippen molar-refractivity contribution in [1.82, 2.24) is 20.2 Å². The van der Waals surface area contributed by atoms with Crippen molar-refractivity contribution in [3.63, 3.8) is 0 Å². The maximum absolute atomic E-state index is 12.4. The monoisotopic (exact) mass is 482 g/mol. The number of hydrogen-bond donors (Lipinski definition) is 2. The van der Waals surface area contributed by atoms with Crippen LogP contribution < -0.4 is 20.3 Å². The van der Waals surface area contributed by atoms with Crippen LogP contribution in [-0.2, 0) is 9.53 Å². The molecule has 2 N–H and O–H groups in total. The second-order valence-electron chi connectivity index (χ2n) is 9.24. The van der Waals surface area contributed by atoms with Gasteiger partial charge in [0.25, 0.3) is 0 Å². The van der Waals surface area contributed by atoms with E-state index in [9.17, 15) is 9.59 Å². The summed E-state index contributed by atoms with van der Waals surface area (Å²) >= 11 is 0. The number of aromatic nitrogens is 2. The fourth-order valence-corrected chi connectivity index (χ4v) is 4.44. The molecule has 2 aliphatic rings. The Morgan fingerprint density at radius 3 is 2.34 bits per heavy atom. The SMILES string of the molecule is COC1CCC(C(=O)NC(=O)Nc2ccc(Oc3cnc(N4CCN(C)CC4)nc3)c(C)c2)CC1. The van der Waals surface area contributed by atoms with Gasteiger partial charge in [0.05, 0.1) is 18.5 Å². The number of anilines is 2. The van der Waals surface area contributed by atoms with Crippen molar-refractivity contribution in [1.29, 1.82) is 0 Å². The molecule has 1 aromatic carbocycles. The smallest absolute Gasteiger partial charge is 0.325 e. The number of piperazine rings is 1. The Balaban J connectivity index is 1.28. The number of aryl methyl sites for hydroxylation is 1. The summed E-state index contributed by atoms with van der Waals surface area (Å²) < 4.78 is 11.3. The van der Waals surface area contributed by atoms with Gasteiger partial charge in [0.1, 0.15) is 5.75 Å². The van der Waals surface area contributed by atoms with Gasteiger partial charge in [0, 0.05) is 44.9 Å². The number of methoxy groups -OCH3 is 1. The predicted molar refractivity (Wildman–Crippen MR) is 133 cm³/mol. The number of ether oxygens (including phenoxy) is 2. The highest BCUT2D eigenvalue weighted by Gasteiger charge is 2.27. The summed E-state index contributed by atoms with van der Waals surface area (Å²) in [7, 11) is 3.80. The molecule has 1 saturated carbocycles. The first-order valence-corrected chi connectivity index (χ1v) is 12.1. The highest BCUT2D eigenvalue weighted by Crippen LogP contribution is 2.28. The van der Waals surface area contributed by atoms with E-state index >= 15 is 0 Å². The van der Waals surface area contributed by atoms with Crippen LogP contribution in [0.5, 0.6) is 11.5 Å². The van der Waals surface area contributed by atoms with Gasteiger partial charge in [-0.15, -0.1) is 0 Å². The molecule has 35 heavy (non-hydrogen) atoms. The zero-order valence-corrected chi connectivity index (χ0v) is 20.6. The summed E-state index contributed by atoms with van der Waals surface area (Å²) in [5.74, 6) is 1.48. The van der Waals surface area contributed by atoms with Crippen molar-refractivity contribution < 1.29 is 19.1 Å². The molecule has 2 fully saturated rings. The van der Waals surface area contributed by atoms with Crippen molar-refractivity contribution in [2.24, 2.45) is 5.92 Å². The molecule has 10 nitrogen and oxygen atoms in total. The lowest BCUT2D eigenvalue weighted by Gasteiger charge is -2.32. The second-order valence-corrected chi connectivity index (χ2v) is 9.24. The number of nitrogens with one attached hydrogen (secondary N) is 2. The Bertz CT molecular complexity index is 1020. The standard InChI is InChI=1S/C25H34N6O4/c1-17-14-19(28-25(33)29-23(32)18-4-7-20(34-3)8-5-18)6-9-22(17)35-21-15-26-24(27-16-21)31-12-10-30(2)11-13-31/h6,9,14-16,18,20H,4-5,7-8,10-13H2,1-3H3,(H2,28,29,32,33). The first-order chi connectivity index (χ1) is 16.9. The molecule has 0 radical (unpaired) electrons. The lowest BCUT2D eigenvalue weighted by molar-refractivity contribution is -0.125. The second kappa shape index (κ2) is 11.5. The number of carbonyl (C=O) groups is 2. The molecule has 0 atom stereocenters. The molecule has 2 aromatic rings. The van der Waals surface area contributed by atoms with Crippen LogP contribution >= 0.6 is 0 Å². The molecule has 10 heteroatoms. The molecule has 4 rings (SSSR count). The molecule has 1 aliphatic heterocycles. The van der Waals surface area contributed by atoms with Gasteiger partial charge in [-0.3, -0.25) is 10.1 Å². The number of hydrogen-bond acceptors (Lipinski definition) is 8. The first kappa shape index (κ1) is 24.9. The molecule has 1 saturated heterocycles. The Kier molecular flexibility index (Phi) is 8.14. The zero-order valence-electron chi connectivity index (χ0n) is 20.6. The maximum Gasteiger partial charge on any atom is 0.325 e. The van der Waals surface area contributed by atoms with Crippen LogP contribution in [0.3, 0.4) is 0 Å². The normalized spacial score (nSPS) is 20.8. The third-order valence-electron chi connectivity index (χ3n) is 6.68. The van der Waals surface area contributed by atoms with E-state index in [1.807, 2.05) is 6.92 Å². The van der Waals surface area contributed by atoms with E-state index in [1.54, 1.807) is 37.7 Å². The number of benzene rings is 1. The minimum atomic E-state index is -0.537. The van der Waals surface area contributed by atoms with E-state index in [4.69, 9.17) is 9.47 Å². The van der Waals surface area contributed by atoms with Gasteiger partial charge >= 0.3 is 6.03 Å². The van der Waals surface area contributed by atoms with Crippen molar-refractivity contribution in [2.45, 2.75) is 38.7 Å². The number of amides is 3. The summed E-state index contributed by atoms with van der Waals surface area (Å²) in [5.41, 5.74) is 1.40. The van der Waals surface area contributed by atoms with Gasteiger partial charge in [-0.05, 0) is 63.4 Å². The van der Waals surface area contributed by atoms with Crippen LogP contribution in [0.1, 0.15) is 31.2 Å². The highest BCUT2D eigenvalue weighted by atomic mass is 16.5. The fourth-order valence-electron chi connectivity index (χ4n) is 4.44. The van der Waals surface area contributed by atoms with Crippen molar-refractivity contribution >= 4 is 23.6 Å². The van der Waals surface area contributed by atoms with Crippen LogP contribution in [0.2, 0.25) is 0 Å². The van der Waals surface area contributed by atoms with Gasteiger partial charge in [0.15, 0.2) is 5.75 Å².